The quantitative estimate of drug-likeness (QED) is 0.744. The summed E-state index contributed by atoms with van der Waals surface area (Å²) in [5, 5.41) is 8.52. The fourth-order valence-electron chi connectivity index (χ4n) is 1.35. The van der Waals surface area contributed by atoms with Crippen molar-refractivity contribution in [3.05, 3.63) is 41.5 Å². The van der Waals surface area contributed by atoms with Crippen molar-refractivity contribution in [3.8, 4) is 0 Å². The molecule has 74 valence electrons. The number of aliphatic carboxylic acids is 1. The summed E-state index contributed by atoms with van der Waals surface area (Å²) in [6.45, 7) is 4.18. The van der Waals surface area contributed by atoms with E-state index in [4.69, 9.17) is 5.11 Å². The molecule has 0 fully saturated rings. The zero-order valence-corrected chi connectivity index (χ0v) is 8.40. The molecule has 2 heteroatoms. The molecule has 0 bridgehead atoms. The molecule has 0 aliphatic rings. The molecule has 0 radical (unpaired) electrons. The van der Waals surface area contributed by atoms with E-state index in [1.54, 1.807) is 6.08 Å². The van der Waals surface area contributed by atoms with Crippen LogP contribution in [-0.2, 0) is 4.79 Å². The van der Waals surface area contributed by atoms with Gasteiger partial charge in [0.2, 0.25) is 0 Å². The highest BCUT2D eigenvalue weighted by Crippen LogP contribution is 2.19. The average Bonchev–Trinajstić information content (AvgIpc) is 2.15. The highest BCUT2D eigenvalue weighted by atomic mass is 16.4. The lowest BCUT2D eigenvalue weighted by molar-refractivity contribution is -0.131. The number of hydrogen-bond acceptors (Lipinski definition) is 1. The third kappa shape index (κ3) is 2.73. The van der Waals surface area contributed by atoms with Gasteiger partial charge >= 0.3 is 5.97 Å². The molecule has 0 spiro atoms. The van der Waals surface area contributed by atoms with E-state index in [1.807, 2.05) is 24.3 Å². The number of hydrogen-bond donors (Lipinski definition) is 1. The van der Waals surface area contributed by atoms with Crippen molar-refractivity contribution >= 4 is 12.0 Å². The van der Waals surface area contributed by atoms with Crippen LogP contribution in [0.1, 0.15) is 30.9 Å². The molecule has 0 amide bonds. The van der Waals surface area contributed by atoms with Crippen molar-refractivity contribution in [1.82, 2.24) is 0 Å². The van der Waals surface area contributed by atoms with Crippen LogP contribution in [0.4, 0.5) is 0 Å². The van der Waals surface area contributed by atoms with Gasteiger partial charge in [-0.05, 0) is 23.1 Å². The minimum Gasteiger partial charge on any atom is -0.478 e. The molecule has 2 nitrogen and oxygen atoms in total. The van der Waals surface area contributed by atoms with Crippen LogP contribution in [0.5, 0.6) is 0 Å². The summed E-state index contributed by atoms with van der Waals surface area (Å²) < 4.78 is 0. The first-order valence-corrected chi connectivity index (χ1v) is 4.61. The van der Waals surface area contributed by atoms with Gasteiger partial charge in [-0.25, -0.2) is 4.79 Å². The maximum absolute atomic E-state index is 10.4. The first-order chi connectivity index (χ1) is 6.61. The van der Waals surface area contributed by atoms with Gasteiger partial charge in [-0.15, -0.1) is 0 Å². The highest BCUT2D eigenvalue weighted by molar-refractivity contribution is 5.85. The molecule has 0 aliphatic carbocycles. The molecule has 0 aliphatic heterocycles. The van der Waals surface area contributed by atoms with Crippen LogP contribution in [0, 0.1) is 0 Å². The SMILES string of the molecule is CC(C)c1ccccc1/C=C/C(=O)O. The van der Waals surface area contributed by atoms with Crippen LogP contribution in [0.15, 0.2) is 30.3 Å². The minimum atomic E-state index is -0.913. The summed E-state index contributed by atoms with van der Waals surface area (Å²) in [5.41, 5.74) is 2.15. The van der Waals surface area contributed by atoms with Crippen molar-refractivity contribution in [2.45, 2.75) is 19.8 Å². The molecule has 1 N–H and O–H groups in total. The molecule has 1 aromatic carbocycles. The summed E-state index contributed by atoms with van der Waals surface area (Å²) in [7, 11) is 0. The lowest BCUT2D eigenvalue weighted by Crippen LogP contribution is -1.92. The second-order valence-corrected chi connectivity index (χ2v) is 3.46. The normalized spacial score (nSPS) is 11.1. The molecule has 1 rings (SSSR count). The third-order valence-electron chi connectivity index (χ3n) is 2.02. The Balaban J connectivity index is 3.01. The van der Waals surface area contributed by atoms with Gasteiger partial charge in [0.1, 0.15) is 0 Å². The predicted molar refractivity (Wildman–Crippen MR) is 57.2 cm³/mol. The lowest BCUT2D eigenvalue weighted by atomic mass is 9.97. The minimum absolute atomic E-state index is 0.407. The van der Waals surface area contributed by atoms with E-state index in [1.165, 1.54) is 11.6 Å². The Kier molecular flexibility index (Phi) is 3.46. The van der Waals surface area contributed by atoms with Crippen LogP contribution < -0.4 is 0 Å². The van der Waals surface area contributed by atoms with Crippen molar-refractivity contribution in [3.63, 3.8) is 0 Å². The average molecular weight is 190 g/mol. The smallest absolute Gasteiger partial charge is 0.328 e. The number of rotatable bonds is 3. The van der Waals surface area contributed by atoms with Crippen LogP contribution in [0.3, 0.4) is 0 Å². The Morgan fingerprint density at radius 1 is 1.36 bits per heavy atom. The van der Waals surface area contributed by atoms with E-state index in [9.17, 15) is 4.79 Å². The number of carboxylic acid groups (broad SMARTS) is 1. The molecule has 1 aromatic rings. The molecule has 14 heavy (non-hydrogen) atoms. The fraction of sp³-hybridized carbons (Fsp3) is 0.250. The Morgan fingerprint density at radius 2 is 2.00 bits per heavy atom. The van der Waals surface area contributed by atoms with Gasteiger partial charge in [-0.1, -0.05) is 38.1 Å². The molecule has 0 unspecified atom stereocenters. The monoisotopic (exact) mass is 190 g/mol. The maximum Gasteiger partial charge on any atom is 0.328 e. The van der Waals surface area contributed by atoms with Gasteiger partial charge in [0.05, 0.1) is 0 Å². The molecule has 0 saturated heterocycles. The zero-order chi connectivity index (χ0) is 10.6. The van der Waals surface area contributed by atoms with Gasteiger partial charge < -0.3 is 5.11 Å². The van der Waals surface area contributed by atoms with E-state index in [0.717, 1.165) is 5.56 Å². The van der Waals surface area contributed by atoms with Crippen LogP contribution in [-0.4, -0.2) is 11.1 Å². The van der Waals surface area contributed by atoms with Gasteiger partial charge in [0.15, 0.2) is 0 Å². The second kappa shape index (κ2) is 4.61. The first-order valence-electron chi connectivity index (χ1n) is 4.61. The van der Waals surface area contributed by atoms with E-state index < -0.39 is 5.97 Å². The topological polar surface area (TPSA) is 37.3 Å². The van der Waals surface area contributed by atoms with Gasteiger partial charge in [0, 0.05) is 6.08 Å². The second-order valence-electron chi connectivity index (χ2n) is 3.46. The van der Waals surface area contributed by atoms with Crippen LogP contribution in [0.2, 0.25) is 0 Å². The molecule has 0 saturated carbocycles. The largest absolute Gasteiger partial charge is 0.478 e. The van der Waals surface area contributed by atoms with Crippen molar-refractivity contribution in [2.75, 3.05) is 0 Å². The molecular weight excluding hydrogens is 176 g/mol. The van der Waals surface area contributed by atoms with E-state index in [0.29, 0.717) is 5.92 Å². The zero-order valence-electron chi connectivity index (χ0n) is 8.40. The van der Waals surface area contributed by atoms with E-state index >= 15 is 0 Å². The lowest BCUT2D eigenvalue weighted by Gasteiger charge is -2.08. The standard InChI is InChI=1S/C12H14O2/c1-9(2)11-6-4-3-5-10(11)7-8-12(13)14/h3-9H,1-2H3,(H,13,14)/b8-7+. The van der Waals surface area contributed by atoms with Gasteiger partial charge in [-0.3, -0.25) is 0 Å². The van der Waals surface area contributed by atoms with Gasteiger partial charge in [-0.2, -0.15) is 0 Å². The summed E-state index contributed by atoms with van der Waals surface area (Å²) in [4.78, 5) is 10.4. The maximum atomic E-state index is 10.4. The van der Waals surface area contributed by atoms with Gasteiger partial charge in [0.25, 0.3) is 0 Å². The van der Waals surface area contributed by atoms with Crippen LogP contribution >= 0.6 is 0 Å². The summed E-state index contributed by atoms with van der Waals surface area (Å²) >= 11 is 0. The van der Waals surface area contributed by atoms with Crippen molar-refractivity contribution < 1.29 is 9.90 Å². The first kappa shape index (κ1) is 10.5. The molecular formula is C12H14O2. The molecule has 0 atom stereocenters. The van der Waals surface area contributed by atoms with Crippen molar-refractivity contribution in [2.24, 2.45) is 0 Å². The number of carbonyl (C=O) groups is 1. The predicted octanol–water partition coefficient (Wildman–Crippen LogP) is 2.91. The van der Waals surface area contributed by atoms with E-state index in [2.05, 4.69) is 13.8 Å². The van der Waals surface area contributed by atoms with Crippen molar-refractivity contribution in [1.29, 1.82) is 0 Å². The number of carboxylic acids is 1. The summed E-state index contributed by atoms with van der Waals surface area (Å²) in [5.74, 6) is -0.506. The molecule has 0 heterocycles. The Labute approximate surface area is 83.9 Å². The highest BCUT2D eigenvalue weighted by Gasteiger charge is 2.02. The Hall–Kier alpha value is -1.57. The van der Waals surface area contributed by atoms with Crippen LogP contribution in [0.25, 0.3) is 6.08 Å². The Morgan fingerprint density at radius 3 is 2.57 bits per heavy atom. The Bertz CT molecular complexity index is 351. The third-order valence-corrected chi connectivity index (χ3v) is 2.02. The summed E-state index contributed by atoms with van der Waals surface area (Å²) in [6, 6.07) is 7.82. The number of benzene rings is 1. The summed E-state index contributed by atoms with van der Waals surface area (Å²) in [6.07, 6.45) is 2.80. The van der Waals surface area contributed by atoms with E-state index in [-0.39, 0.29) is 0 Å². The molecule has 0 aromatic heterocycles. The fourth-order valence-corrected chi connectivity index (χ4v) is 1.35.